The van der Waals surface area contributed by atoms with E-state index in [0.29, 0.717) is 0 Å². The highest BCUT2D eigenvalue weighted by molar-refractivity contribution is 6.50. The Hall–Kier alpha value is -0.525. The second-order valence-corrected chi connectivity index (χ2v) is 0.503. The van der Waals surface area contributed by atoms with Gasteiger partial charge in [-0.15, -0.1) is 0 Å². The fourth-order valence-corrected chi connectivity index (χ4v) is 0. The molecule has 0 radical (unpaired) electrons. The molecule has 0 rings (SSSR count). The van der Waals surface area contributed by atoms with Gasteiger partial charge in [-0.25, -0.2) is 5.26 Å². The Bertz CT molecular complexity index is 55.2. The van der Waals surface area contributed by atoms with Crippen LogP contribution in [0.1, 0.15) is 0 Å². The molecular formula is CH2BNO2. The third-order valence-electron chi connectivity index (χ3n) is 0.115. The molecule has 0 aliphatic heterocycles. The first-order valence-electron chi connectivity index (χ1n) is 1.03. The zero-order chi connectivity index (χ0) is 4.28. The van der Waals surface area contributed by atoms with Gasteiger partial charge in [0, 0.05) is 0 Å². The summed E-state index contributed by atoms with van der Waals surface area (Å²) in [5.74, 6) is 1.14. The highest BCUT2D eigenvalue weighted by Gasteiger charge is 1.98. The lowest BCUT2D eigenvalue weighted by Gasteiger charge is -1.67. The van der Waals surface area contributed by atoms with Crippen molar-refractivity contribution < 1.29 is 10.0 Å². The Balaban J connectivity index is 2.94. The minimum Gasteiger partial charge on any atom is -0.415 e. The van der Waals surface area contributed by atoms with Crippen LogP contribution in [0.2, 0.25) is 0 Å². The zero-order valence-electron chi connectivity index (χ0n) is 2.42. The molecule has 0 heterocycles. The summed E-state index contributed by atoms with van der Waals surface area (Å²) in [7, 11) is -1.81. The highest BCUT2D eigenvalue weighted by Crippen LogP contribution is 1.51. The van der Waals surface area contributed by atoms with Crippen molar-refractivity contribution in [3.8, 4) is 5.97 Å². The zero-order valence-corrected chi connectivity index (χ0v) is 2.42. The van der Waals surface area contributed by atoms with E-state index in [-0.39, 0.29) is 0 Å². The Morgan fingerprint density at radius 2 is 1.80 bits per heavy atom. The molecule has 26 valence electrons. The molecule has 0 aliphatic rings. The first-order valence-corrected chi connectivity index (χ1v) is 1.03. The summed E-state index contributed by atoms with van der Waals surface area (Å²) in [6.07, 6.45) is 0. The lowest BCUT2D eigenvalue weighted by Crippen LogP contribution is -2.05. The van der Waals surface area contributed by atoms with Crippen molar-refractivity contribution >= 4 is 7.12 Å². The van der Waals surface area contributed by atoms with Crippen LogP contribution in [0, 0.1) is 11.2 Å². The van der Waals surface area contributed by atoms with Crippen LogP contribution < -0.4 is 0 Å². The monoisotopic (exact) mass is 71.0 g/mol. The molecule has 3 nitrogen and oxygen atoms in total. The number of nitrogens with zero attached hydrogens (tertiary/aromatic N) is 1. The Kier molecular flexibility index (Phi) is 1.58. The summed E-state index contributed by atoms with van der Waals surface area (Å²) in [4.78, 5) is 0. The van der Waals surface area contributed by atoms with Gasteiger partial charge in [0.1, 0.15) is 0 Å². The van der Waals surface area contributed by atoms with Crippen LogP contribution in [0.4, 0.5) is 0 Å². The molecule has 0 fully saturated rings. The maximum atomic E-state index is 7.56. The fourth-order valence-electron chi connectivity index (χ4n) is 0. The molecular weight excluding hydrogens is 68.8 g/mol. The maximum Gasteiger partial charge on any atom is 0.573 e. The normalized spacial score (nSPS) is 5.80. The summed E-state index contributed by atoms with van der Waals surface area (Å²) in [6, 6.07) is 0. The summed E-state index contributed by atoms with van der Waals surface area (Å²) in [6.45, 7) is 0. The minimum atomic E-state index is -1.81. The summed E-state index contributed by atoms with van der Waals surface area (Å²) in [5, 5.41) is 22.5. The maximum absolute atomic E-state index is 7.56. The van der Waals surface area contributed by atoms with Gasteiger partial charge in [0.15, 0.2) is 0 Å². The minimum absolute atomic E-state index is 1.14. The van der Waals surface area contributed by atoms with Crippen LogP contribution in [0.3, 0.4) is 0 Å². The predicted octanol–water partition coefficient (Wildman–Crippen LogP) is -1.48. The Morgan fingerprint density at radius 1 is 1.60 bits per heavy atom. The van der Waals surface area contributed by atoms with Crippen molar-refractivity contribution in [3.63, 3.8) is 0 Å². The van der Waals surface area contributed by atoms with E-state index in [1.807, 2.05) is 0 Å². The van der Waals surface area contributed by atoms with Crippen molar-refractivity contribution in [2.75, 3.05) is 0 Å². The van der Waals surface area contributed by atoms with Crippen molar-refractivity contribution in [2.45, 2.75) is 0 Å². The van der Waals surface area contributed by atoms with E-state index >= 15 is 0 Å². The van der Waals surface area contributed by atoms with Gasteiger partial charge in [0.25, 0.3) is 0 Å². The van der Waals surface area contributed by atoms with Crippen LogP contribution in [-0.4, -0.2) is 17.2 Å². The lowest BCUT2D eigenvalue weighted by molar-refractivity contribution is 0.426. The predicted molar refractivity (Wildman–Crippen MR) is 15.8 cm³/mol. The number of nitriles is 1. The molecule has 0 aromatic heterocycles. The van der Waals surface area contributed by atoms with Gasteiger partial charge in [-0.1, -0.05) is 0 Å². The molecule has 2 N–H and O–H groups in total. The van der Waals surface area contributed by atoms with Crippen molar-refractivity contribution in [2.24, 2.45) is 0 Å². The molecule has 0 aromatic rings. The molecule has 0 atom stereocenters. The first kappa shape index (κ1) is 4.47. The van der Waals surface area contributed by atoms with Gasteiger partial charge in [-0.05, 0) is 0 Å². The highest BCUT2D eigenvalue weighted by atomic mass is 16.4. The van der Waals surface area contributed by atoms with Crippen LogP contribution in [-0.2, 0) is 0 Å². The lowest BCUT2D eigenvalue weighted by atomic mass is 9.97. The van der Waals surface area contributed by atoms with Crippen LogP contribution in [0.5, 0.6) is 0 Å². The van der Waals surface area contributed by atoms with E-state index in [1.54, 1.807) is 0 Å². The third-order valence-corrected chi connectivity index (χ3v) is 0.115. The summed E-state index contributed by atoms with van der Waals surface area (Å²) in [5.41, 5.74) is 0. The number of rotatable bonds is 0. The van der Waals surface area contributed by atoms with Crippen molar-refractivity contribution in [1.29, 1.82) is 5.26 Å². The second kappa shape index (κ2) is 1.76. The summed E-state index contributed by atoms with van der Waals surface area (Å²) < 4.78 is 0. The molecule has 0 saturated heterocycles. The molecule has 0 aliphatic carbocycles. The average molecular weight is 70.8 g/mol. The van der Waals surface area contributed by atoms with Crippen molar-refractivity contribution in [3.05, 3.63) is 0 Å². The molecule has 0 spiro atoms. The second-order valence-electron chi connectivity index (χ2n) is 0.503. The molecule has 4 heteroatoms. The standard InChI is InChI=1S/CH2BNO2/c3-1-2(4)5/h4-5H. The third kappa shape index (κ3) is 3.47. The Morgan fingerprint density at radius 3 is 1.80 bits per heavy atom. The summed E-state index contributed by atoms with van der Waals surface area (Å²) >= 11 is 0. The van der Waals surface area contributed by atoms with Gasteiger partial charge < -0.3 is 10.0 Å². The van der Waals surface area contributed by atoms with E-state index in [4.69, 9.17) is 15.3 Å². The smallest absolute Gasteiger partial charge is 0.415 e. The molecule has 5 heavy (non-hydrogen) atoms. The van der Waals surface area contributed by atoms with E-state index < -0.39 is 7.12 Å². The fraction of sp³-hybridized carbons (Fsp3) is 0. The molecule has 0 unspecified atom stereocenters. The number of hydrogen-bond donors (Lipinski definition) is 2. The average Bonchev–Trinajstić information content (AvgIpc) is 1.38. The van der Waals surface area contributed by atoms with Gasteiger partial charge in [0.05, 0.1) is 5.97 Å². The molecule has 0 saturated carbocycles. The van der Waals surface area contributed by atoms with Gasteiger partial charge in [-0.2, -0.15) is 0 Å². The van der Waals surface area contributed by atoms with Gasteiger partial charge in [-0.3, -0.25) is 0 Å². The van der Waals surface area contributed by atoms with Gasteiger partial charge in [0.2, 0.25) is 0 Å². The molecule has 0 bridgehead atoms. The van der Waals surface area contributed by atoms with Crippen LogP contribution >= 0.6 is 0 Å². The molecule has 0 amide bonds. The SMILES string of the molecule is N#CB(O)O. The quantitative estimate of drug-likeness (QED) is 0.342. The first-order chi connectivity index (χ1) is 2.27. The van der Waals surface area contributed by atoms with E-state index in [0.717, 1.165) is 5.97 Å². The van der Waals surface area contributed by atoms with E-state index in [1.165, 1.54) is 0 Å². The van der Waals surface area contributed by atoms with E-state index in [2.05, 4.69) is 0 Å². The Labute approximate surface area is 29.6 Å². The van der Waals surface area contributed by atoms with Crippen molar-refractivity contribution in [1.82, 2.24) is 0 Å². The van der Waals surface area contributed by atoms with Crippen LogP contribution in [0.25, 0.3) is 0 Å². The number of hydrogen-bond acceptors (Lipinski definition) is 3. The largest absolute Gasteiger partial charge is 0.573 e. The van der Waals surface area contributed by atoms with Crippen LogP contribution in [0.15, 0.2) is 0 Å². The topological polar surface area (TPSA) is 64.2 Å². The van der Waals surface area contributed by atoms with E-state index in [9.17, 15) is 0 Å². The molecule has 0 aromatic carbocycles. The van der Waals surface area contributed by atoms with Gasteiger partial charge >= 0.3 is 7.12 Å².